The first kappa shape index (κ1) is 17.2. The highest BCUT2D eigenvalue weighted by Crippen LogP contribution is 2.31. The molecule has 4 nitrogen and oxygen atoms in total. The van der Waals surface area contributed by atoms with Gasteiger partial charge in [0.05, 0.1) is 13.7 Å². The molecular weight excluding hydrogens is 273 g/mol. The molecule has 0 bridgehead atoms. The predicted octanol–water partition coefficient (Wildman–Crippen LogP) is 1.94. The van der Waals surface area contributed by atoms with Crippen molar-refractivity contribution in [3.05, 3.63) is 0 Å². The number of hydrogen-bond acceptors (Lipinski definition) is 4. The van der Waals surface area contributed by atoms with Crippen molar-refractivity contribution in [1.29, 1.82) is 0 Å². The van der Waals surface area contributed by atoms with Crippen LogP contribution in [0.15, 0.2) is 0 Å². The molecule has 0 saturated heterocycles. The quantitative estimate of drug-likeness (QED) is 0.729. The number of esters is 1. The fourth-order valence-electron chi connectivity index (χ4n) is 2.42. The summed E-state index contributed by atoms with van der Waals surface area (Å²) in [6, 6.07) is -0.124. The second-order valence-electron chi connectivity index (χ2n) is 5.87. The molecule has 7 heteroatoms. The number of carbonyl (C=O) groups is 1. The second kappa shape index (κ2) is 6.30. The minimum absolute atomic E-state index is 0.0119. The lowest BCUT2D eigenvalue weighted by atomic mass is 10.00. The Bertz CT molecular complexity index is 343. The van der Waals surface area contributed by atoms with Crippen molar-refractivity contribution in [3.8, 4) is 0 Å². The van der Waals surface area contributed by atoms with Crippen LogP contribution in [0.3, 0.4) is 0 Å². The zero-order chi connectivity index (χ0) is 15.6. The van der Waals surface area contributed by atoms with E-state index in [9.17, 15) is 18.0 Å². The summed E-state index contributed by atoms with van der Waals surface area (Å²) in [5.74, 6) is -0.543. The Kier molecular flexibility index (Phi) is 5.43. The lowest BCUT2D eigenvalue weighted by molar-refractivity contribution is -0.158. The topological polar surface area (TPSA) is 41.6 Å². The van der Waals surface area contributed by atoms with E-state index in [2.05, 4.69) is 5.32 Å². The molecule has 0 aliphatic heterocycles. The van der Waals surface area contributed by atoms with Crippen molar-refractivity contribution in [1.82, 2.24) is 10.2 Å². The molecule has 1 fully saturated rings. The van der Waals surface area contributed by atoms with Crippen LogP contribution < -0.4 is 5.32 Å². The van der Waals surface area contributed by atoms with E-state index in [1.54, 1.807) is 6.92 Å². The van der Waals surface area contributed by atoms with E-state index in [0.29, 0.717) is 0 Å². The van der Waals surface area contributed by atoms with Crippen molar-refractivity contribution in [2.45, 2.75) is 57.4 Å². The number of rotatable bonds is 7. The van der Waals surface area contributed by atoms with Crippen molar-refractivity contribution in [2.75, 3.05) is 20.2 Å². The molecule has 1 atom stereocenters. The smallest absolute Gasteiger partial charge is 0.401 e. The summed E-state index contributed by atoms with van der Waals surface area (Å²) in [5.41, 5.74) is -1.14. The molecule has 20 heavy (non-hydrogen) atoms. The van der Waals surface area contributed by atoms with Gasteiger partial charge in [-0.3, -0.25) is 15.0 Å². The maximum Gasteiger partial charge on any atom is 0.401 e. The summed E-state index contributed by atoms with van der Waals surface area (Å²) in [4.78, 5) is 13.2. The summed E-state index contributed by atoms with van der Waals surface area (Å²) in [7, 11) is 1.24. The van der Waals surface area contributed by atoms with Crippen molar-refractivity contribution < 1.29 is 22.7 Å². The minimum atomic E-state index is -4.27. The highest BCUT2D eigenvalue weighted by Gasteiger charge is 2.44. The number of alkyl halides is 3. The Balaban J connectivity index is 2.82. The van der Waals surface area contributed by atoms with Crippen molar-refractivity contribution in [2.24, 2.45) is 0 Å². The Morgan fingerprint density at radius 1 is 1.35 bits per heavy atom. The van der Waals surface area contributed by atoms with Crippen LogP contribution in [-0.4, -0.2) is 54.9 Å². The van der Waals surface area contributed by atoms with Gasteiger partial charge in [0.2, 0.25) is 0 Å². The van der Waals surface area contributed by atoms with E-state index < -0.39 is 24.2 Å². The van der Waals surface area contributed by atoms with E-state index in [0.717, 1.165) is 12.8 Å². The fraction of sp³-hybridized carbons (Fsp3) is 0.923. The van der Waals surface area contributed by atoms with E-state index in [1.807, 2.05) is 13.8 Å². The van der Waals surface area contributed by atoms with Gasteiger partial charge < -0.3 is 4.74 Å². The fourth-order valence-corrected chi connectivity index (χ4v) is 2.42. The van der Waals surface area contributed by atoms with Crippen LogP contribution >= 0.6 is 0 Å². The third kappa shape index (κ3) is 5.28. The van der Waals surface area contributed by atoms with Gasteiger partial charge >= 0.3 is 12.1 Å². The Hall–Kier alpha value is -0.820. The third-order valence-corrected chi connectivity index (χ3v) is 3.21. The average Bonchev–Trinajstić information content (AvgIpc) is 3.07. The van der Waals surface area contributed by atoms with Crippen LogP contribution in [0.25, 0.3) is 0 Å². The molecule has 1 rings (SSSR count). The molecule has 0 aromatic carbocycles. The van der Waals surface area contributed by atoms with E-state index in [-0.39, 0.29) is 18.6 Å². The Labute approximate surface area is 117 Å². The van der Waals surface area contributed by atoms with Crippen molar-refractivity contribution >= 4 is 5.97 Å². The lowest BCUT2D eigenvalue weighted by Gasteiger charge is -2.36. The van der Waals surface area contributed by atoms with Crippen LogP contribution in [0.5, 0.6) is 0 Å². The van der Waals surface area contributed by atoms with Gasteiger partial charge in [0.15, 0.2) is 0 Å². The number of ether oxygens (including phenoxy) is 1. The van der Waals surface area contributed by atoms with Crippen LogP contribution in [0.1, 0.15) is 33.6 Å². The first-order valence-corrected chi connectivity index (χ1v) is 6.74. The van der Waals surface area contributed by atoms with Gasteiger partial charge in [-0.15, -0.1) is 0 Å². The minimum Gasteiger partial charge on any atom is -0.468 e. The molecule has 0 heterocycles. The zero-order valence-corrected chi connectivity index (χ0v) is 12.4. The van der Waals surface area contributed by atoms with Gasteiger partial charge in [0, 0.05) is 18.6 Å². The van der Waals surface area contributed by atoms with Crippen LogP contribution in [-0.2, 0) is 9.53 Å². The zero-order valence-electron chi connectivity index (χ0n) is 12.4. The number of nitrogens with one attached hydrogen (secondary N) is 1. The number of halogens is 3. The molecule has 0 aromatic rings. The maximum atomic E-state index is 12.6. The first-order chi connectivity index (χ1) is 9.07. The number of nitrogens with zero attached hydrogens (tertiary/aromatic N) is 1. The van der Waals surface area contributed by atoms with Gasteiger partial charge in [-0.05, 0) is 33.6 Å². The van der Waals surface area contributed by atoms with Gasteiger partial charge in [-0.1, -0.05) is 0 Å². The Morgan fingerprint density at radius 3 is 2.25 bits per heavy atom. The van der Waals surface area contributed by atoms with E-state index in [1.165, 1.54) is 12.0 Å². The van der Waals surface area contributed by atoms with Crippen LogP contribution in [0.2, 0.25) is 0 Å². The third-order valence-electron chi connectivity index (χ3n) is 3.21. The second-order valence-corrected chi connectivity index (χ2v) is 5.87. The Morgan fingerprint density at radius 2 is 1.90 bits per heavy atom. The van der Waals surface area contributed by atoms with Crippen LogP contribution in [0, 0.1) is 0 Å². The highest BCUT2D eigenvalue weighted by molar-refractivity contribution is 5.80. The molecule has 1 N–H and O–H groups in total. The number of methoxy groups -OCH3 is 1. The van der Waals surface area contributed by atoms with Gasteiger partial charge in [-0.2, -0.15) is 13.2 Å². The van der Waals surface area contributed by atoms with E-state index >= 15 is 0 Å². The first-order valence-electron chi connectivity index (χ1n) is 6.74. The largest absolute Gasteiger partial charge is 0.468 e. The lowest BCUT2D eigenvalue weighted by Crippen LogP contribution is -2.60. The highest BCUT2D eigenvalue weighted by atomic mass is 19.4. The monoisotopic (exact) mass is 296 g/mol. The number of hydrogen-bond donors (Lipinski definition) is 1. The predicted molar refractivity (Wildman–Crippen MR) is 69.3 cm³/mol. The summed E-state index contributed by atoms with van der Waals surface area (Å²) < 4.78 is 42.6. The molecule has 1 aliphatic carbocycles. The van der Waals surface area contributed by atoms with Crippen molar-refractivity contribution in [3.63, 3.8) is 0 Å². The average molecular weight is 296 g/mol. The normalized spacial score (nSPS) is 19.2. The molecular formula is C13H23F3N2O2. The molecule has 1 aliphatic rings. The molecule has 1 saturated carbocycles. The van der Waals surface area contributed by atoms with Gasteiger partial charge in [0.25, 0.3) is 0 Å². The molecule has 1 unspecified atom stereocenters. The number of carbonyl (C=O) groups excluding carboxylic acids is 1. The van der Waals surface area contributed by atoms with Crippen LogP contribution in [0.4, 0.5) is 13.2 Å². The summed E-state index contributed by atoms with van der Waals surface area (Å²) >= 11 is 0. The molecule has 0 radical (unpaired) electrons. The summed E-state index contributed by atoms with van der Waals surface area (Å²) in [6.45, 7) is 4.26. The molecule has 0 aromatic heterocycles. The van der Waals surface area contributed by atoms with Gasteiger partial charge in [-0.25, -0.2) is 0 Å². The summed E-state index contributed by atoms with van der Waals surface area (Å²) in [5, 5.41) is 3.02. The maximum absolute atomic E-state index is 12.6. The standard InChI is InChI=1S/C13H23F3N2O2/c1-9(2)17-12(3,11(19)20-4)7-18(10-5-6-10)8-13(14,15)16/h9-10,17H,5-8H2,1-4H3. The molecule has 0 spiro atoms. The molecule has 118 valence electrons. The molecule has 0 amide bonds. The van der Waals surface area contributed by atoms with Gasteiger partial charge in [0.1, 0.15) is 5.54 Å². The van der Waals surface area contributed by atoms with E-state index in [4.69, 9.17) is 4.74 Å². The summed E-state index contributed by atoms with van der Waals surface area (Å²) in [6.07, 6.45) is -2.78. The SMILES string of the molecule is COC(=O)C(C)(CN(CC(F)(F)F)C1CC1)NC(C)C.